The second-order valence-electron chi connectivity index (χ2n) is 6.09. The van der Waals surface area contributed by atoms with Crippen molar-refractivity contribution in [1.82, 2.24) is 9.88 Å². The van der Waals surface area contributed by atoms with E-state index in [4.69, 9.17) is 23.2 Å². The van der Waals surface area contributed by atoms with Gasteiger partial charge in [0.15, 0.2) is 0 Å². The molecule has 0 radical (unpaired) electrons. The molecule has 2 aromatic rings. The number of pyridine rings is 1. The zero-order valence-corrected chi connectivity index (χ0v) is 14.1. The Morgan fingerprint density at radius 2 is 2.08 bits per heavy atom. The highest BCUT2D eigenvalue weighted by Gasteiger charge is 2.43. The number of carbonyl (C=O) groups is 1. The van der Waals surface area contributed by atoms with Crippen LogP contribution in [0, 0.1) is 5.95 Å². The average Bonchev–Trinajstić information content (AvgIpc) is 2.87. The molecular formula is C17H14Cl2FN3O. The second kappa shape index (κ2) is 5.90. The molecule has 7 heteroatoms. The van der Waals surface area contributed by atoms with Gasteiger partial charge in [0.2, 0.25) is 5.95 Å². The van der Waals surface area contributed by atoms with Crippen LogP contribution in [0.15, 0.2) is 30.5 Å². The van der Waals surface area contributed by atoms with E-state index in [1.54, 1.807) is 18.2 Å². The van der Waals surface area contributed by atoms with Crippen molar-refractivity contribution < 1.29 is 9.18 Å². The van der Waals surface area contributed by atoms with Crippen molar-refractivity contribution in [3.8, 4) is 0 Å². The van der Waals surface area contributed by atoms with Gasteiger partial charge in [-0.25, -0.2) is 9.78 Å². The van der Waals surface area contributed by atoms with Crippen LogP contribution in [0.3, 0.4) is 0 Å². The SMILES string of the molecule is O=C(Nc1ccc(Cl)c(Cl)c1)N1C2CCC1c1ccnc(F)c1C2. The van der Waals surface area contributed by atoms with Crippen molar-refractivity contribution in [3.63, 3.8) is 0 Å². The molecule has 4 rings (SSSR count). The molecule has 2 unspecified atom stereocenters. The molecule has 2 aliphatic rings. The van der Waals surface area contributed by atoms with Crippen LogP contribution in [0.5, 0.6) is 0 Å². The third-order valence-electron chi connectivity index (χ3n) is 4.75. The average molecular weight is 366 g/mol. The maximum atomic E-state index is 13.9. The van der Waals surface area contributed by atoms with Gasteiger partial charge in [-0.15, -0.1) is 0 Å². The van der Waals surface area contributed by atoms with Gasteiger partial charge in [-0.3, -0.25) is 0 Å². The number of nitrogens with zero attached hydrogens (tertiary/aromatic N) is 2. The molecule has 2 atom stereocenters. The van der Waals surface area contributed by atoms with Crippen molar-refractivity contribution in [3.05, 3.63) is 57.6 Å². The van der Waals surface area contributed by atoms with E-state index in [1.165, 1.54) is 6.20 Å². The highest BCUT2D eigenvalue weighted by Crippen LogP contribution is 2.44. The number of rotatable bonds is 1. The molecule has 1 aromatic carbocycles. The molecule has 124 valence electrons. The van der Waals surface area contributed by atoms with E-state index >= 15 is 0 Å². The number of aromatic nitrogens is 1. The predicted molar refractivity (Wildman–Crippen MR) is 91.0 cm³/mol. The Labute approximate surface area is 148 Å². The molecule has 24 heavy (non-hydrogen) atoms. The first-order chi connectivity index (χ1) is 11.5. The molecule has 3 heterocycles. The number of nitrogens with one attached hydrogen (secondary N) is 1. The largest absolute Gasteiger partial charge is 0.322 e. The van der Waals surface area contributed by atoms with E-state index in [2.05, 4.69) is 10.3 Å². The Kier molecular flexibility index (Phi) is 3.85. The second-order valence-corrected chi connectivity index (χ2v) is 6.90. The van der Waals surface area contributed by atoms with Crippen LogP contribution < -0.4 is 5.32 Å². The van der Waals surface area contributed by atoms with Gasteiger partial charge in [0.1, 0.15) is 0 Å². The van der Waals surface area contributed by atoms with Crippen molar-refractivity contribution in [2.24, 2.45) is 0 Å². The fourth-order valence-electron chi connectivity index (χ4n) is 3.69. The standard InChI is InChI=1S/C17H14Cl2FN3O/c18-13-3-1-9(7-14(13)19)22-17(24)23-10-2-4-15(23)11-5-6-21-16(20)12(11)8-10/h1,3,5-7,10,15H,2,4,8H2,(H,22,24). The van der Waals surface area contributed by atoms with Crippen LogP contribution in [0.25, 0.3) is 0 Å². The van der Waals surface area contributed by atoms with Gasteiger partial charge in [-0.05, 0) is 49.1 Å². The summed E-state index contributed by atoms with van der Waals surface area (Å²) >= 11 is 11.9. The number of urea groups is 1. The Morgan fingerprint density at radius 1 is 1.25 bits per heavy atom. The highest BCUT2D eigenvalue weighted by molar-refractivity contribution is 6.42. The number of carbonyl (C=O) groups excluding carboxylic acids is 1. The Morgan fingerprint density at radius 3 is 2.88 bits per heavy atom. The third kappa shape index (κ3) is 2.52. The summed E-state index contributed by atoms with van der Waals surface area (Å²) < 4.78 is 13.9. The van der Waals surface area contributed by atoms with E-state index < -0.39 is 5.95 Å². The summed E-state index contributed by atoms with van der Waals surface area (Å²) in [4.78, 5) is 18.3. The number of benzene rings is 1. The fourth-order valence-corrected chi connectivity index (χ4v) is 3.99. The van der Waals surface area contributed by atoms with Gasteiger partial charge in [-0.2, -0.15) is 4.39 Å². The first-order valence-corrected chi connectivity index (χ1v) is 8.48. The summed E-state index contributed by atoms with van der Waals surface area (Å²) in [5.41, 5.74) is 2.09. The molecule has 0 saturated carbocycles. The number of hydrogen-bond acceptors (Lipinski definition) is 2. The zero-order valence-electron chi connectivity index (χ0n) is 12.6. The summed E-state index contributed by atoms with van der Waals surface area (Å²) in [6.45, 7) is 0. The predicted octanol–water partition coefficient (Wildman–Crippen LogP) is 4.82. The molecule has 1 saturated heterocycles. The number of hydrogen-bond donors (Lipinski definition) is 1. The van der Waals surface area contributed by atoms with Gasteiger partial charge in [0.25, 0.3) is 0 Å². The molecule has 1 fully saturated rings. The van der Waals surface area contributed by atoms with Gasteiger partial charge >= 0.3 is 6.03 Å². The van der Waals surface area contributed by atoms with Gasteiger partial charge in [-0.1, -0.05) is 23.2 Å². The molecule has 4 nitrogen and oxygen atoms in total. The Balaban J connectivity index is 1.61. The zero-order chi connectivity index (χ0) is 16.8. The minimum Gasteiger partial charge on any atom is -0.314 e. The van der Waals surface area contributed by atoms with Crippen LogP contribution in [0.4, 0.5) is 14.9 Å². The molecule has 0 spiro atoms. The first kappa shape index (κ1) is 15.7. The molecule has 2 aliphatic heterocycles. The van der Waals surface area contributed by atoms with Crippen molar-refractivity contribution in [2.45, 2.75) is 31.3 Å². The molecule has 1 N–H and O–H groups in total. The lowest BCUT2D eigenvalue weighted by molar-refractivity contribution is 0.178. The highest BCUT2D eigenvalue weighted by atomic mass is 35.5. The number of fused-ring (bicyclic) bond motifs is 4. The Bertz CT molecular complexity index is 829. The van der Waals surface area contributed by atoms with Gasteiger partial charge < -0.3 is 10.2 Å². The normalized spacial score (nSPS) is 21.5. The number of anilines is 1. The van der Waals surface area contributed by atoms with Crippen LogP contribution in [0.1, 0.15) is 30.0 Å². The first-order valence-electron chi connectivity index (χ1n) is 7.72. The molecule has 1 aromatic heterocycles. The van der Waals surface area contributed by atoms with E-state index in [0.717, 1.165) is 18.4 Å². The van der Waals surface area contributed by atoms with Crippen LogP contribution >= 0.6 is 23.2 Å². The molecule has 2 bridgehead atoms. The van der Waals surface area contributed by atoms with Crippen molar-refractivity contribution >= 4 is 34.9 Å². The van der Waals surface area contributed by atoms with E-state index in [-0.39, 0.29) is 18.1 Å². The quantitative estimate of drug-likeness (QED) is 0.736. The summed E-state index contributed by atoms with van der Waals surface area (Å²) in [7, 11) is 0. The summed E-state index contributed by atoms with van der Waals surface area (Å²) in [5.74, 6) is -0.422. The number of halogens is 3. The lowest BCUT2D eigenvalue weighted by Gasteiger charge is -2.36. The van der Waals surface area contributed by atoms with E-state index in [9.17, 15) is 9.18 Å². The van der Waals surface area contributed by atoms with E-state index in [1.807, 2.05) is 11.0 Å². The third-order valence-corrected chi connectivity index (χ3v) is 5.49. The van der Waals surface area contributed by atoms with Gasteiger partial charge in [0.05, 0.1) is 16.1 Å². The Hall–Kier alpha value is -1.85. The fraction of sp³-hybridized carbons (Fsp3) is 0.294. The summed E-state index contributed by atoms with van der Waals surface area (Å²) in [5, 5.41) is 3.68. The summed E-state index contributed by atoms with van der Waals surface area (Å²) in [6, 6.07) is 6.44. The molecular weight excluding hydrogens is 352 g/mol. The van der Waals surface area contributed by atoms with Crippen molar-refractivity contribution in [1.29, 1.82) is 0 Å². The van der Waals surface area contributed by atoms with E-state index in [0.29, 0.717) is 27.7 Å². The number of amides is 2. The van der Waals surface area contributed by atoms with Gasteiger partial charge in [0, 0.05) is 23.5 Å². The minimum absolute atomic E-state index is 0.0102. The molecule has 2 amide bonds. The molecule has 0 aliphatic carbocycles. The smallest absolute Gasteiger partial charge is 0.314 e. The maximum absolute atomic E-state index is 13.9. The van der Waals surface area contributed by atoms with Crippen molar-refractivity contribution in [2.75, 3.05) is 5.32 Å². The van der Waals surface area contributed by atoms with Crippen LogP contribution in [-0.4, -0.2) is 22.0 Å². The summed E-state index contributed by atoms with van der Waals surface area (Å²) in [6.07, 6.45) is 3.64. The minimum atomic E-state index is -0.422. The van der Waals surface area contributed by atoms with Crippen LogP contribution in [0.2, 0.25) is 10.0 Å². The monoisotopic (exact) mass is 365 g/mol. The topological polar surface area (TPSA) is 45.2 Å². The lowest BCUT2D eigenvalue weighted by atomic mass is 9.95. The van der Waals surface area contributed by atoms with Crippen LogP contribution in [-0.2, 0) is 6.42 Å². The maximum Gasteiger partial charge on any atom is 0.322 e. The lowest BCUT2D eigenvalue weighted by Crippen LogP contribution is -2.44.